The first-order valence-corrected chi connectivity index (χ1v) is 10.5. The van der Waals surface area contributed by atoms with E-state index < -0.39 is 0 Å². The van der Waals surface area contributed by atoms with E-state index in [4.69, 9.17) is 11.6 Å². The molecule has 2 nitrogen and oxygen atoms in total. The van der Waals surface area contributed by atoms with E-state index in [-0.39, 0.29) is 23.5 Å². The Balaban J connectivity index is 1.66. The van der Waals surface area contributed by atoms with Crippen molar-refractivity contribution in [2.45, 2.75) is 18.7 Å². The molecule has 0 unspecified atom stereocenters. The highest BCUT2D eigenvalue weighted by Gasteiger charge is 2.17. The minimum Gasteiger partial charge on any atom is -0.344 e. The van der Waals surface area contributed by atoms with Crippen molar-refractivity contribution >= 4 is 29.3 Å². The van der Waals surface area contributed by atoms with E-state index in [1.165, 1.54) is 17.8 Å². The van der Waals surface area contributed by atoms with E-state index in [0.29, 0.717) is 16.3 Å². The summed E-state index contributed by atoms with van der Waals surface area (Å²) in [7, 11) is 0. The third-order valence-corrected chi connectivity index (χ3v) is 5.54. The van der Waals surface area contributed by atoms with Gasteiger partial charge in [-0.15, -0.1) is 11.8 Å². The number of hydrogen-bond donors (Lipinski definition) is 1. The average Bonchev–Trinajstić information content (AvgIpc) is 2.68. The van der Waals surface area contributed by atoms with Gasteiger partial charge in [-0.05, 0) is 35.7 Å². The SMILES string of the molecule is Cc1cccc([C@H](NC(=O)CSCc2ccc(Cl)cc2F)c2ccccc2)c1. The fourth-order valence-electron chi connectivity index (χ4n) is 2.95. The second-order valence-corrected chi connectivity index (χ2v) is 7.98. The first-order valence-electron chi connectivity index (χ1n) is 8.95. The number of thioether (sulfide) groups is 1. The van der Waals surface area contributed by atoms with Crippen LogP contribution in [-0.4, -0.2) is 11.7 Å². The van der Waals surface area contributed by atoms with Crippen molar-refractivity contribution in [3.63, 3.8) is 0 Å². The fraction of sp³-hybridized carbons (Fsp3) is 0.174. The summed E-state index contributed by atoms with van der Waals surface area (Å²) in [5, 5.41) is 3.48. The number of amides is 1. The van der Waals surface area contributed by atoms with Crippen LogP contribution in [0.1, 0.15) is 28.3 Å². The average molecular weight is 414 g/mol. The van der Waals surface area contributed by atoms with E-state index >= 15 is 0 Å². The van der Waals surface area contributed by atoms with E-state index in [1.54, 1.807) is 12.1 Å². The van der Waals surface area contributed by atoms with Crippen LogP contribution in [-0.2, 0) is 10.5 Å². The molecule has 0 aliphatic rings. The van der Waals surface area contributed by atoms with Crippen LogP contribution in [0.5, 0.6) is 0 Å². The van der Waals surface area contributed by atoms with Crippen LogP contribution >= 0.6 is 23.4 Å². The topological polar surface area (TPSA) is 29.1 Å². The maximum Gasteiger partial charge on any atom is 0.230 e. The molecule has 3 aromatic carbocycles. The molecular formula is C23H21ClFNOS. The normalized spacial score (nSPS) is 11.8. The molecule has 144 valence electrons. The van der Waals surface area contributed by atoms with Crippen molar-refractivity contribution in [2.75, 3.05) is 5.75 Å². The molecule has 0 saturated carbocycles. The monoisotopic (exact) mass is 413 g/mol. The van der Waals surface area contributed by atoms with Gasteiger partial charge in [-0.1, -0.05) is 77.8 Å². The number of rotatable bonds is 7. The van der Waals surface area contributed by atoms with Gasteiger partial charge in [-0.25, -0.2) is 4.39 Å². The highest BCUT2D eigenvalue weighted by Crippen LogP contribution is 2.24. The summed E-state index contributed by atoms with van der Waals surface area (Å²) in [4.78, 5) is 12.6. The molecule has 3 aromatic rings. The third kappa shape index (κ3) is 5.60. The van der Waals surface area contributed by atoms with Gasteiger partial charge in [0.1, 0.15) is 5.82 Å². The quantitative estimate of drug-likeness (QED) is 0.520. The molecule has 0 bridgehead atoms. The van der Waals surface area contributed by atoms with Crippen molar-refractivity contribution in [2.24, 2.45) is 0 Å². The van der Waals surface area contributed by atoms with E-state index in [2.05, 4.69) is 11.4 Å². The predicted octanol–water partition coefficient (Wildman–Crippen LogP) is 5.93. The summed E-state index contributed by atoms with van der Waals surface area (Å²) in [6.07, 6.45) is 0. The van der Waals surface area contributed by atoms with Crippen molar-refractivity contribution in [3.05, 3.63) is 106 Å². The summed E-state index contributed by atoms with van der Waals surface area (Å²) in [5.41, 5.74) is 3.74. The lowest BCUT2D eigenvalue weighted by atomic mass is 9.97. The molecule has 0 radical (unpaired) electrons. The Morgan fingerprint density at radius 2 is 1.79 bits per heavy atom. The lowest BCUT2D eigenvalue weighted by Crippen LogP contribution is -2.30. The molecule has 1 amide bonds. The van der Waals surface area contributed by atoms with E-state index in [9.17, 15) is 9.18 Å². The van der Waals surface area contributed by atoms with Gasteiger partial charge in [0.25, 0.3) is 0 Å². The van der Waals surface area contributed by atoms with Gasteiger partial charge >= 0.3 is 0 Å². The number of aryl methyl sites for hydroxylation is 1. The number of halogens is 2. The molecule has 28 heavy (non-hydrogen) atoms. The Morgan fingerprint density at radius 1 is 1.04 bits per heavy atom. The van der Waals surface area contributed by atoms with Gasteiger partial charge in [0, 0.05) is 10.8 Å². The first kappa shape index (κ1) is 20.4. The molecule has 0 fully saturated rings. The van der Waals surface area contributed by atoms with Gasteiger partial charge < -0.3 is 5.32 Å². The Bertz CT molecular complexity index is 948. The summed E-state index contributed by atoms with van der Waals surface area (Å²) in [5.74, 6) is 0.228. The fourth-order valence-corrected chi connectivity index (χ4v) is 3.93. The molecule has 0 aromatic heterocycles. The number of carbonyl (C=O) groups is 1. The van der Waals surface area contributed by atoms with Crippen molar-refractivity contribution in [1.82, 2.24) is 5.32 Å². The van der Waals surface area contributed by atoms with Crippen LogP contribution < -0.4 is 5.32 Å². The van der Waals surface area contributed by atoms with Gasteiger partial charge in [0.05, 0.1) is 11.8 Å². The molecule has 0 saturated heterocycles. The summed E-state index contributed by atoms with van der Waals surface area (Å²) in [6, 6.07) is 22.4. The largest absolute Gasteiger partial charge is 0.344 e. The second-order valence-electron chi connectivity index (χ2n) is 6.55. The zero-order valence-electron chi connectivity index (χ0n) is 15.5. The van der Waals surface area contributed by atoms with Crippen LogP contribution in [0.4, 0.5) is 4.39 Å². The summed E-state index contributed by atoms with van der Waals surface area (Å²) in [6.45, 7) is 2.03. The number of nitrogens with one attached hydrogen (secondary N) is 1. The standard InChI is InChI=1S/C23H21ClFNOS/c1-16-6-5-9-18(12-16)23(17-7-3-2-4-8-17)26-22(27)15-28-14-19-10-11-20(24)13-21(19)25/h2-13,23H,14-15H2,1H3,(H,26,27)/t23-/m1/s1. The van der Waals surface area contributed by atoms with E-state index in [0.717, 1.165) is 16.7 Å². The molecule has 5 heteroatoms. The highest BCUT2D eigenvalue weighted by atomic mass is 35.5. The zero-order valence-corrected chi connectivity index (χ0v) is 17.1. The molecule has 1 atom stereocenters. The van der Waals surface area contributed by atoms with Crippen molar-refractivity contribution in [3.8, 4) is 0 Å². The molecule has 0 aliphatic heterocycles. The van der Waals surface area contributed by atoms with Crippen LogP contribution in [0, 0.1) is 12.7 Å². The van der Waals surface area contributed by atoms with Crippen LogP contribution in [0.15, 0.2) is 72.8 Å². The molecular weight excluding hydrogens is 393 g/mol. The van der Waals surface area contributed by atoms with E-state index in [1.807, 2.05) is 55.5 Å². The van der Waals surface area contributed by atoms with Crippen LogP contribution in [0.25, 0.3) is 0 Å². The first-order chi connectivity index (χ1) is 13.5. The number of hydrogen-bond acceptors (Lipinski definition) is 2. The molecule has 3 rings (SSSR count). The third-order valence-electron chi connectivity index (χ3n) is 4.32. The van der Waals surface area contributed by atoms with Crippen molar-refractivity contribution in [1.29, 1.82) is 0 Å². The molecule has 0 aliphatic carbocycles. The number of carbonyl (C=O) groups excluding carboxylic acids is 1. The molecule has 0 spiro atoms. The predicted molar refractivity (Wildman–Crippen MR) is 115 cm³/mol. The molecule has 1 N–H and O–H groups in total. The van der Waals surface area contributed by atoms with Crippen LogP contribution in [0.2, 0.25) is 5.02 Å². The Morgan fingerprint density at radius 3 is 2.50 bits per heavy atom. The van der Waals surface area contributed by atoms with Gasteiger partial charge in [-0.3, -0.25) is 4.79 Å². The Kier molecular flexibility index (Phi) is 7.12. The Labute approximate surface area is 174 Å². The minimum absolute atomic E-state index is 0.0882. The summed E-state index contributed by atoms with van der Waals surface area (Å²) >= 11 is 7.15. The van der Waals surface area contributed by atoms with Gasteiger partial charge in [-0.2, -0.15) is 0 Å². The molecule has 0 heterocycles. The van der Waals surface area contributed by atoms with Crippen LogP contribution in [0.3, 0.4) is 0 Å². The second kappa shape index (κ2) is 9.76. The Hall–Kier alpha value is -2.30. The maximum absolute atomic E-state index is 13.9. The highest BCUT2D eigenvalue weighted by molar-refractivity contribution is 7.99. The lowest BCUT2D eigenvalue weighted by Gasteiger charge is -2.20. The van der Waals surface area contributed by atoms with Gasteiger partial charge in [0.15, 0.2) is 0 Å². The smallest absolute Gasteiger partial charge is 0.230 e. The lowest BCUT2D eigenvalue weighted by molar-refractivity contribution is -0.119. The minimum atomic E-state index is -0.345. The number of benzene rings is 3. The van der Waals surface area contributed by atoms with Crippen molar-refractivity contribution < 1.29 is 9.18 Å². The maximum atomic E-state index is 13.9. The summed E-state index contributed by atoms with van der Waals surface area (Å²) < 4.78 is 13.9. The van der Waals surface area contributed by atoms with Gasteiger partial charge in [0.2, 0.25) is 5.91 Å². The zero-order chi connectivity index (χ0) is 19.9.